The number of ether oxygens (including phenoxy) is 2. The second-order valence-corrected chi connectivity index (χ2v) is 4.42. The summed E-state index contributed by atoms with van der Waals surface area (Å²) in [5.41, 5.74) is 0.0702. The molecule has 1 unspecified atom stereocenters. The Bertz CT molecular complexity index is 413. The van der Waals surface area contributed by atoms with E-state index in [9.17, 15) is 9.18 Å². The van der Waals surface area contributed by atoms with Gasteiger partial charge in [-0.3, -0.25) is 4.79 Å². The minimum absolute atomic E-state index is 0.0702. The molecule has 1 aliphatic rings. The molecule has 0 radical (unpaired) electrons. The minimum Gasteiger partial charge on any atom is -0.353 e. The smallest absolute Gasteiger partial charge is 0.194 e. The summed E-state index contributed by atoms with van der Waals surface area (Å²) in [6.45, 7) is 2.29. The van der Waals surface area contributed by atoms with Gasteiger partial charge in [0, 0.05) is 6.61 Å². The Morgan fingerprint density at radius 2 is 2.22 bits per heavy atom. The van der Waals surface area contributed by atoms with Crippen molar-refractivity contribution >= 4 is 5.78 Å². The predicted octanol–water partition coefficient (Wildman–Crippen LogP) is 2.94. The van der Waals surface area contributed by atoms with E-state index in [-0.39, 0.29) is 17.6 Å². The van der Waals surface area contributed by atoms with Crippen LogP contribution in [0, 0.1) is 5.82 Å². The lowest BCUT2D eigenvalue weighted by atomic mass is 10.1. The summed E-state index contributed by atoms with van der Waals surface area (Å²) in [7, 11) is 0. The van der Waals surface area contributed by atoms with Gasteiger partial charge in [-0.05, 0) is 38.3 Å². The van der Waals surface area contributed by atoms with Gasteiger partial charge in [-0.2, -0.15) is 0 Å². The van der Waals surface area contributed by atoms with Crippen LogP contribution in [0.4, 0.5) is 4.39 Å². The molecular formula is C14H17FO3. The average molecular weight is 252 g/mol. The van der Waals surface area contributed by atoms with E-state index in [4.69, 9.17) is 9.47 Å². The van der Waals surface area contributed by atoms with Gasteiger partial charge in [0.2, 0.25) is 0 Å². The molecule has 2 atom stereocenters. The zero-order valence-electron chi connectivity index (χ0n) is 10.4. The van der Waals surface area contributed by atoms with Crippen LogP contribution in [0.15, 0.2) is 24.3 Å². The molecule has 0 aromatic heterocycles. The topological polar surface area (TPSA) is 35.5 Å². The second-order valence-electron chi connectivity index (χ2n) is 4.42. The van der Waals surface area contributed by atoms with Crippen molar-refractivity contribution in [1.29, 1.82) is 0 Å². The Labute approximate surface area is 106 Å². The quantitative estimate of drug-likeness (QED) is 0.773. The van der Waals surface area contributed by atoms with Crippen molar-refractivity contribution in [2.24, 2.45) is 0 Å². The summed E-state index contributed by atoms with van der Waals surface area (Å²) in [6, 6.07) is 5.94. The molecule has 1 fully saturated rings. The maximum Gasteiger partial charge on any atom is 0.194 e. The van der Waals surface area contributed by atoms with Gasteiger partial charge in [0.15, 0.2) is 12.1 Å². The zero-order chi connectivity index (χ0) is 13.0. The van der Waals surface area contributed by atoms with E-state index in [1.807, 2.05) is 0 Å². The number of halogens is 1. The normalized spacial score (nSPS) is 21.6. The van der Waals surface area contributed by atoms with Crippen molar-refractivity contribution in [2.75, 3.05) is 6.61 Å². The van der Waals surface area contributed by atoms with Crippen LogP contribution in [0.2, 0.25) is 0 Å². The fraction of sp³-hybridized carbons (Fsp3) is 0.500. The lowest BCUT2D eigenvalue weighted by molar-refractivity contribution is -0.174. The number of ketones is 1. The molecule has 1 heterocycles. The molecule has 18 heavy (non-hydrogen) atoms. The minimum atomic E-state index is -0.690. The highest BCUT2D eigenvalue weighted by Crippen LogP contribution is 2.18. The zero-order valence-corrected chi connectivity index (χ0v) is 10.4. The molecule has 2 rings (SSSR count). The highest BCUT2D eigenvalue weighted by molar-refractivity contribution is 5.99. The first kappa shape index (κ1) is 13.2. The largest absolute Gasteiger partial charge is 0.353 e. The van der Waals surface area contributed by atoms with Gasteiger partial charge in [-0.1, -0.05) is 12.1 Å². The fourth-order valence-electron chi connectivity index (χ4n) is 1.99. The van der Waals surface area contributed by atoms with E-state index in [1.54, 1.807) is 19.1 Å². The Kier molecular flexibility index (Phi) is 4.44. The Morgan fingerprint density at radius 1 is 1.44 bits per heavy atom. The monoisotopic (exact) mass is 252 g/mol. The number of hydrogen-bond donors (Lipinski definition) is 0. The van der Waals surface area contributed by atoms with Crippen molar-refractivity contribution in [3.63, 3.8) is 0 Å². The van der Waals surface area contributed by atoms with Gasteiger partial charge < -0.3 is 9.47 Å². The van der Waals surface area contributed by atoms with Crippen LogP contribution in [-0.2, 0) is 9.47 Å². The molecule has 4 heteroatoms. The molecule has 1 saturated heterocycles. The van der Waals surface area contributed by atoms with Crippen LogP contribution in [-0.4, -0.2) is 24.8 Å². The molecule has 0 spiro atoms. The molecule has 0 amide bonds. The molecule has 0 N–H and O–H groups in total. The highest BCUT2D eigenvalue weighted by atomic mass is 19.1. The molecule has 0 saturated carbocycles. The summed E-state index contributed by atoms with van der Waals surface area (Å²) >= 11 is 0. The summed E-state index contributed by atoms with van der Waals surface area (Å²) in [6.07, 6.45) is 1.81. The fourth-order valence-corrected chi connectivity index (χ4v) is 1.99. The summed E-state index contributed by atoms with van der Waals surface area (Å²) < 4.78 is 24.4. The van der Waals surface area contributed by atoms with Crippen LogP contribution >= 0.6 is 0 Å². The molecule has 98 valence electrons. The third kappa shape index (κ3) is 3.15. The van der Waals surface area contributed by atoms with Gasteiger partial charge in [0.1, 0.15) is 11.9 Å². The second kappa shape index (κ2) is 6.07. The van der Waals surface area contributed by atoms with Gasteiger partial charge in [0.05, 0.1) is 5.56 Å². The molecule has 0 aliphatic carbocycles. The lowest BCUT2D eigenvalue weighted by Gasteiger charge is -2.25. The van der Waals surface area contributed by atoms with E-state index in [1.165, 1.54) is 12.1 Å². The SMILES string of the molecule is C[C@H](OC1CCCCO1)C(=O)c1ccccc1F. The van der Waals surface area contributed by atoms with Crippen LogP contribution < -0.4 is 0 Å². The molecule has 1 aliphatic heterocycles. The van der Waals surface area contributed by atoms with E-state index >= 15 is 0 Å². The number of carbonyl (C=O) groups excluding carboxylic acids is 1. The maximum absolute atomic E-state index is 13.5. The Balaban J connectivity index is 1.98. The van der Waals surface area contributed by atoms with E-state index in [2.05, 4.69) is 0 Å². The van der Waals surface area contributed by atoms with E-state index < -0.39 is 11.9 Å². The number of Topliss-reactive ketones (excluding diaryl/α,β-unsaturated/α-hetero) is 1. The van der Waals surface area contributed by atoms with E-state index in [0.29, 0.717) is 6.61 Å². The number of benzene rings is 1. The van der Waals surface area contributed by atoms with Crippen molar-refractivity contribution < 1.29 is 18.7 Å². The molecule has 3 nitrogen and oxygen atoms in total. The Hall–Kier alpha value is -1.26. The standard InChI is InChI=1S/C14H17FO3/c1-10(18-13-8-4-5-9-17-13)14(16)11-6-2-3-7-12(11)15/h2-3,6-7,10,13H,4-5,8-9H2,1H3/t10-,13?/m0/s1. The predicted molar refractivity (Wildman–Crippen MR) is 64.9 cm³/mol. The molecular weight excluding hydrogens is 235 g/mol. The first-order valence-electron chi connectivity index (χ1n) is 6.24. The lowest BCUT2D eigenvalue weighted by Crippen LogP contribution is -2.31. The van der Waals surface area contributed by atoms with Crippen LogP contribution in [0.1, 0.15) is 36.5 Å². The van der Waals surface area contributed by atoms with Crippen LogP contribution in [0.25, 0.3) is 0 Å². The highest BCUT2D eigenvalue weighted by Gasteiger charge is 2.24. The van der Waals surface area contributed by atoms with Gasteiger partial charge >= 0.3 is 0 Å². The van der Waals surface area contributed by atoms with Gasteiger partial charge in [-0.15, -0.1) is 0 Å². The van der Waals surface area contributed by atoms with Crippen molar-refractivity contribution in [3.05, 3.63) is 35.6 Å². The van der Waals surface area contributed by atoms with Crippen molar-refractivity contribution in [2.45, 2.75) is 38.6 Å². The van der Waals surface area contributed by atoms with Crippen molar-refractivity contribution in [3.8, 4) is 0 Å². The number of rotatable bonds is 4. The maximum atomic E-state index is 13.5. The average Bonchev–Trinajstić information content (AvgIpc) is 2.39. The van der Waals surface area contributed by atoms with Crippen LogP contribution in [0.5, 0.6) is 0 Å². The summed E-state index contributed by atoms with van der Waals surface area (Å²) in [4.78, 5) is 12.0. The van der Waals surface area contributed by atoms with Gasteiger partial charge in [0.25, 0.3) is 0 Å². The van der Waals surface area contributed by atoms with Gasteiger partial charge in [-0.25, -0.2) is 4.39 Å². The molecule has 1 aromatic carbocycles. The van der Waals surface area contributed by atoms with E-state index in [0.717, 1.165) is 19.3 Å². The summed E-state index contributed by atoms with van der Waals surface area (Å²) in [5, 5.41) is 0. The first-order valence-corrected chi connectivity index (χ1v) is 6.24. The first-order chi connectivity index (χ1) is 8.68. The Morgan fingerprint density at radius 3 is 2.89 bits per heavy atom. The molecule has 0 bridgehead atoms. The third-order valence-electron chi connectivity index (χ3n) is 3.00. The van der Waals surface area contributed by atoms with Crippen molar-refractivity contribution in [1.82, 2.24) is 0 Å². The van der Waals surface area contributed by atoms with Crippen LogP contribution in [0.3, 0.4) is 0 Å². The number of hydrogen-bond acceptors (Lipinski definition) is 3. The summed E-state index contributed by atoms with van der Waals surface area (Å²) in [5.74, 6) is -0.857. The third-order valence-corrected chi connectivity index (χ3v) is 3.00. The molecule has 1 aromatic rings. The number of carbonyl (C=O) groups is 1.